The van der Waals surface area contributed by atoms with E-state index in [0.29, 0.717) is 11.6 Å². The Kier molecular flexibility index (Phi) is 4.24. The first-order valence-electron chi connectivity index (χ1n) is 7.23. The minimum absolute atomic E-state index is 0. The molecule has 1 atom stereocenters. The third-order valence-corrected chi connectivity index (χ3v) is 3.96. The second-order valence-electron chi connectivity index (χ2n) is 5.35. The van der Waals surface area contributed by atoms with Gasteiger partial charge in [0.25, 0.3) is 0 Å². The smallest absolute Gasteiger partial charge is 0.335 e. The van der Waals surface area contributed by atoms with Crippen LogP contribution in [0.3, 0.4) is 0 Å². The zero-order valence-electron chi connectivity index (χ0n) is 13.1. The number of allylic oxidation sites excluding steroid dienone is 1. The van der Waals surface area contributed by atoms with Gasteiger partial charge in [0.15, 0.2) is 0 Å². The van der Waals surface area contributed by atoms with Crippen molar-refractivity contribution in [1.29, 1.82) is 0 Å². The standard InChI is InChI=1S/C15H13N7O2.ClH/c1-9-12(14(23)24)13(22-15(17-9)18-19-20-22)10-4-2-3-5-11(10)21-7-6-16-8-21;/h2-8,13H,1H3,(H,23,24)(H,17,18,20);1H. The van der Waals surface area contributed by atoms with Gasteiger partial charge in [-0.2, -0.15) is 4.68 Å². The van der Waals surface area contributed by atoms with Crippen LogP contribution in [0.15, 0.2) is 54.3 Å². The van der Waals surface area contributed by atoms with Crippen LogP contribution in [0, 0.1) is 0 Å². The van der Waals surface area contributed by atoms with Crippen molar-refractivity contribution in [3.63, 3.8) is 0 Å². The molecule has 9 nitrogen and oxygen atoms in total. The maximum atomic E-state index is 11.9. The van der Waals surface area contributed by atoms with Crippen molar-refractivity contribution in [3.05, 3.63) is 59.8 Å². The molecule has 3 aromatic rings. The van der Waals surface area contributed by atoms with E-state index < -0.39 is 12.0 Å². The molecule has 1 aromatic carbocycles. The molecule has 1 aliphatic heterocycles. The molecule has 10 heteroatoms. The van der Waals surface area contributed by atoms with E-state index in [1.165, 1.54) is 4.68 Å². The van der Waals surface area contributed by atoms with Gasteiger partial charge in [-0.05, 0) is 23.4 Å². The highest BCUT2D eigenvalue weighted by Gasteiger charge is 2.35. The summed E-state index contributed by atoms with van der Waals surface area (Å²) in [5.41, 5.74) is 2.29. The van der Waals surface area contributed by atoms with Gasteiger partial charge in [0.2, 0.25) is 5.95 Å². The number of tetrazole rings is 1. The number of rotatable bonds is 3. The number of carboxylic acid groups (broad SMARTS) is 1. The molecule has 2 aromatic heterocycles. The third kappa shape index (κ3) is 2.64. The number of fused-ring (bicyclic) bond motifs is 1. The van der Waals surface area contributed by atoms with Crippen molar-refractivity contribution in [3.8, 4) is 5.69 Å². The van der Waals surface area contributed by atoms with E-state index in [1.807, 2.05) is 28.8 Å². The van der Waals surface area contributed by atoms with E-state index in [9.17, 15) is 9.90 Å². The number of halogens is 1. The molecule has 128 valence electrons. The number of benzene rings is 1. The van der Waals surface area contributed by atoms with E-state index in [0.717, 1.165) is 11.3 Å². The molecule has 0 saturated carbocycles. The summed E-state index contributed by atoms with van der Waals surface area (Å²) in [4.78, 5) is 15.9. The summed E-state index contributed by atoms with van der Waals surface area (Å²) in [6.45, 7) is 1.70. The van der Waals surface area contributed by atoms with Crippen LogP contribution in [0.1, 0.15) is 18.5 Å². The molecule has 0 amide bonds. The zero-order valence-corrected chi connectivity index (χ0v) is 13.9. The van der Waals surface area contributed by atoms with E-state index in [4.69, 9.17) is 0 Å². The minimum atomic E-state index is -1.02. The maximum Gasteiger partial charge on any atom is 0.335 e. The van der Waals surface area contributed by atoms with Crippen LogP contribution >= 0.6 is 12.4 Å². The number of hydrogen-bond acceptors (Lipinski definition) is 6. The molecule has 0 bridgehead atoms. The molecule has 0 aliphatic carbocycles. The van der Waals surface area contributed by atoms with Gasteiger partial charge in [-0.15, -0.1) is 12.4 Å². The summed E-state index contributed by atoms with van der Waals surface area (Å²) >= 11 is 0. The van der Waals surface area contributed by atoms with Crippen molar-refractivity contribution in [1.82, 2.24) is 29.8 Å². The summed E-state index contributed by atoms with van der Waals surface area (Å²) in [5.74, 6) is -0.616. The van der Waals surface area contributed by atoms with E-state index in [1.54, 1.807) is 25.6 Å². The number of anilines is 1. The Bertz CT molecular complexity index is 948. The van der Waals surface area contributed by atoms with Crippen LogP contribution in [0.5, 0.6) is 0 Å². The highest BCUT2D eigenvalue weighted by Crippen LogP contribution is 2.36. The lowest BCUT2D eigenvalue weighted by Crippen LogP contribution is -2.29. The van der Waals surface area contributed by atoms with E-state index >= 15 is 0 Å². The Balaban J connectivity index is 0.00000182. The van der Waals surface area contributed by atoms with Crippen molar-refractivity contribution >= 4 is 24.3 Å². The summed E-state index contributed by atoms with van der Waals surface area (Å²) in [5, 5.41) is 24.2. The van der Waals surface area contributed by atoms with Gasteiger partial charge in [0.1, 0.15) is 6.04 Å². The molecule has 4 rings (SSSR count). The van der Waals surface area contributed by atoms with Gasteiger partial charge < -0.3 is 15.0 Å². The lowest BCUT2D eigenvalue weighted by molar-refractivity contribution is -0.133. The molecule has 1 aliphatic rings. The number of nitrogens with one attached hydrogen (secondary N) is 1. The largest absolute Gasteiger partial charge is 0.478 e. The Morgan fingerprint density at radius 1 is 1.32 bits per heavy atom. The molecule has 25 heavy (non-hydrogen) atoms. The van der Waals surface area contributed by atoms with Gasteiger partial charge in [-0.3, -0.25) is 0 Å². The van der Waals surface area contributed by atoms with Crippen LogP contribution in [-0.2, 0) is 4.79 Å². The first kappa shape index (κ1) is 16.7. The fraction of sp³-hybridized carbons (Fsp3) is 0.133. The predicted molar refractivity (Wildman–Crippen MR) is 90.7 cm³/mol. The second-order valence-corrected chi connectivity index (χ2v) is 5.35. The quantitative estimate of drug-likeness (QED) is 0.731. The third-order valence-electron chi connectivity index (χ3n) is 3.96. The fourth-order valence-corrected chi connectivity index (χ4v) is 2.93. The van der Waals surface area contributed by atoms with Crippen LogP contribution < -0.4 is 5.32 Å². The van der Waals surface area contributed by atoms with E-state index in [-0.39, 0.29) is 18.0 Å². The van der Waals surface area contributed by atoms with Crippen molar-refractivity contribution in [2.45, 2.75) is 13.0 Å². The average Bonchev–Trinajstić information content (AvgIpc) is 3.24. The molecule has 0 fully saturated rings. The van der Waals surface area contributed by atoms with Crippen LogP contribution in [0.2, 0.25) is 0 Å². The summed E-state index contributed by atoms with van der Waals surface area (Å²) < 4.78 is 3.31. The van der Waals surface area contributed by atoms with Gasteiger partial charge >= 0.3 is 5.97 Å². The normalized spacial score (nSPS) is 16.0. The summed E-state index contributed by atoms with van der Waals surface area (Å²) in [7, 11) is 0. The Labute approximate surface area is 148 Å². The lowest BCUT2D eigenvalue weighted by Gasteiger charge is -2.27. The first-order valence-corrected chi connectivity index (χ1v) is 7.23. The molecule has 2 N–H and O–H groups in total. The highest BCUT2D eigenvalue weighted by atomic mass is 35.5. The van der Waals surface area contributed by atoms with Crippen LogP contribution in [0.25, 0.3) is 5.69 Å². The van der Waals surface area contributed by atoms with E-state index in [2.05, 4.69) is 25.8 Å². The van der Waals surface area contributed by atoms with Crippen molar-refractivity contribution in [2.24, 2.45) is 0 Å². The maximum absolute atomic E-state index is 11.9. The van der Waals surface area contributed by atoms with Crippen LogP contribution in [0.4, 0.5) is 5.95 Å². The summed E-state index contributed by atoms with van der Waals surface area (Å²) in [6.07, 6.45) is 5.13. The molecule has 0 spiro atoms. The minimum Gasteiger partial charge on any atom is -0.478 e. The summed E-state index contributed by atoms with van der Waals surface area (Å²) in [6, 6.07) is 6.87. The molecule has 3 heterocycles. The van der Waals surface area contributed by atoms with Gasteiger partial charge in [0, 0.05) is 23.7 Å². The number of imidazole rings is 1. The predicted octanol–water partition coefficient (Wildman–Crippen LogP) is 1.65. The topological polar surface area (TPSA) is 111 Å². The number of carbonyl (C=O) groups is 1. The fourth-order valence-electron chi connectivity index (χ4n) is 2.93. The Hall–Kier alpha value is -3.20. The second kappa shape index (κ2) is 6.36. The number of para-hydroxylation sites is 1. The number of nitrogens with zero attached hydrogens (tertiary/aromatic N) is 6. The molecule has 1 unspecified atom stereocenters. The molecule has 0 saturated heterocycles. The lowest BCUT2D eigenvalue weighted by atomic mass is 9.94. The van der Waals surface area contributed by atoms with Crippen LogP contribution in [-0.4, -0.2) is 40.8 Å². The molecular weight excluding hydrogens is 346 g/mol. The number of hydrogen-bond donors (Lipinski definition) is 2. The number of carboxylic acids is 1. The Morgan fingerprint density at radius 2 is 2.12 bits per heavy atom. The van der Waals surface area contributed by atoms with Gasteiger partial charge in [-0.25, -0.2) is 9.78 Å². The SMILES string of the molecule is CC1=C(C(=O)O)C(c2ccccc2-n2ccnc2)n2nnnc2N1.Cl. The monoisotopic (exact) mass is 359 g/mol. The first-order chi connectivity index (χ1) is 11.7. The molecular formula is C15H14ClN7O2. The Morgan fingerprint density at radius 3 is 2.84 bits per heavy atom. The number of aliphatic carboxylic acids is 1. The zero-order chi connectivity index (χ0) is 16.7. The van der Waals surface area contributed by atoms with Crippen molar-refractivity contribution in [2.75, 3.05) is 5.32 Å². The van der Waals surface area contributed by atoms with Gasteiger partial charge in [-0.1, -0.05) is 23.3 Å². The van der Waals surface area contributed by atoms with Gasteiger partial charge in [0.05, 0.1) is 17.6 Å². The molecule has 0 radical (unpaired) electrons. The van der Waals surface area contributed by atoms with Crippen molar-refractivity contribution < 1.29 is 9.90 Å². The average molecular weight is 360 g/mol. The highest BCUT2D eigenvalue weighted by molar-refractivity contribution is 5.91. The number of aromatic nitrogens is 6.